The Morgan fingerprint density at radius 2 is 1.22 bits per heavy atom. The predicted octanol–water partition coefficient (Wildman–Crippen LogP) is 0.329. The molecule has 5 rings (SSSR count). The molecule has 548 valence electrons. The number of hydrogen-bond acceptors (Lipinski definition) is 24. The molecule has 13 N–H and O–H groups in total. The summed E-state index contributed by atoms with van der Waals surface area (Å²) in [5.74, 6) is -7.87. The second-order valence-corrected chi connectivity index (χ2v) is 25.5. The van der Waals surface area contributed by atoms with Crippen molar-refractivity contribution < 1.29 is 105 Å². The molecule has 2 aromatic heterocycles. The van der Waals surface area contributed by atoms with Crippen molar-refractivity contribution in [3.63, 3.8) is 0 Å². The molecule has 1 saturated heterocycles. The quantitative estimate of drug-likeness (QED) is 0.0211. The number of carbonyl (C=O) groups excluding carboxylic acids is 4. The number of sulfonamides is 1. The van der Waals surface area contributed by atoms with Crippen LogP contribution in [0.25, 0.3) is 10.9 Å². The molecule has 4 amide bonds. The van der Waals surface area contributed by atoms with E-state index in [1.54, 1.807) is 61.8 Å². The number of carboxylic acid groups (broad SMARTS) is 4. The number of rotatable bonds is 40. The van der Waals surface area contributed by atoms with Crippen LogP contribution in [0.5, 0.6) is 5.75 Å². The highest BCUT2D eigenvalue weighted by atomic mass is 32.3. The fourth-order valence-corrected chi connectivity index (χ4v) is 12.1. The van der Waals surface area contributed by atoms with Crippen LogP contribution in [-0.4, -0.2) is 288 Å². The number of aryl methyl sites for hydroxylation is 3. The number of carboxylic acids is 4. The van der Waals surface area contributed by atoms with Gasteiger partial charge in [0.15, 0.2) is 11.7 Å². The Morgan fingerprint density at radius 1 is 0.704 bits per heavy atom. The van der Waals surface area contributed by atoms with Gasteiger partial charge < -0.3 is 89.2 Å². The minimum absolute atomic E-state index is 0. The summed E-state index contributed by atoms with van der Waals surface area (Å²) in [7, 11) is -7.28. The lowest BCUT2D eigenvalue weighted by Crippen LogP contribution is -2.53. The van der Waals surface area contributed by atoms with Crippen LogP contribution in [0.1, 0.15) is 60.2 Å². The number of nitrogens with zero attached hydrogens (tertiary/aromatic N) is 7. The van der Waals surface area contributed by atoms with Gasteiger partial charge in [-0.1, -0.05) is 13.5 Å². The smallest absolute Gasteiger partial charge is 0.353 e. The maximum atomic E-state index is 13.6. The van der Waals surface area contributed by atoms with Crippen molar-refractivity contribution >= 4 is 91.0 Å². The number of aromatic nitrogens is 3. The van der Waals surface area contributed by atoms with Gasteiger partial charge in [-0.2, -0.15) is 12.8 Å². The number of nitrogens with one attached hydrogen (secondary N) is 6. The van der Waals surface area contributed by atoms with E-state index in [0.717, 1.165) is 5.56 Å². The topological polar surface area (TPSA) is 485 Å². The average molecular weight is 1430 g/mol. The zero-order valence-electron chi connectivity index (χ0n) is 55.1. The van der Waals surface area contributed by atoms with Crippen LogP contribution < -0.4 is 36.7 Å². The zero-order valence-corrected chi connectivity index (χ0v) is 55.7. The van der Waals surface area contributed by atoms with Crippen LogP contribution in [-0.2, 0) is 71.4 Å². The summed E-state index contributed by atoms with van der Waals surface area (Å²) < 4.78 is 97.2. The van der Waals surface area contributed by atoms with E-state index in [9.17, 15) is 85.7 Å². The van der Waals surface area contributed by atoms with Crippen molar-refractivity contribution in [1.82, 2.24) is 55.4 Å². The molecular weight excluding hydrogens is 1340 g/mol. The first-order valence-corrected chi connectivity index (χ1v) is 33.7. The van der Waals surface area contributed by atoms with E-state index in [-0.39, 0.29) is 171 Å². The molecule has 0 bridgehead atoms. The Morgan fingerprint density at radius 3 is 1.72 bits per heavy atom. The van der Waals surface area contributed by atoms with Crippen molar-refractivity contribution in [3.05, 3.63) is 81.4 Å². The van der Waals surface area contributed by atoms with Gasteiger partial charge >= 0.3 is 23.9 Å². The highest BCUT2D eigenvalue weighted by Crippen LogP contribution is 2.33. The van der Waals surface area contributed by atoms with E-state index in [1.807, 2.05) is 0 Å². The Labute approximate surface area is 568 Å². The Bertz CT molecular complexity index is 3440. The third kappa shape index (κ3) is 30.6. The van der Waals surface area contributed by atoms with E-state index in [4.69, 9.17) is 23.7 Å². The van der Waals surface area contributed by atoms with Crippen LogP contribution >= 0.6 is 10.9 Å². The van der Waals surface area contributed by atoms with E-state index in [1.165, 1.54) is 32.2 Å². The molecule has 1 fully saturated rings. The van der Waals surface area contributed by atoms with Crippen molar-refractivity contribution in [2.24, 2.45) is 11.4 Å². The number of pyridine rings is 1. The fraction of sp³-hybridized carbons (Fsp3) is 0.550. The number of amides is 4. The molecular formula is C60H92FN13O22S2. The Hall–Kier alpha value is -8.28. The van der Waals surface area contributed by atoms with Crippen LogP contribution in [0.4, 0.5) is 10.7 Å². The van der Waals surface area contributed by atoms with Gasteiger partial charge in [0.05, 0.1) is 92.8 Å². The van der Waals surface area contributed by atoms with Gasteiger partial charge in [0, 0.05) is 123 Å². The summed E-state index contributed by atoms with van der Waals surface area (Å²) in [6.45, 7) is 4.19. The lowest BCUT2D eigenvalue weighted by molar-refractivity contribution is -0.140. The molecule has 0 saturated carbocycles. The standard InChI is InChI=1S/C59H87N13O22S2.CH4.FH/c1-40-29-43(30-41(2)55(40)96(89,90)67-46(58(84)85)33-64-56(82)45-34-68(3)48-31-42(8-9-44(48)54(45)81)32-65-59-62-12-13-63-59)94-24-4-7-49(73)60-10-5-22-91-25-27-93-28-26-92-23-6-11-61-57(83)47(39-95(86,87)88)66-50(74)35-69-14-16-70(36-51(75)76)18-20-72(38-53(79)80)21-19-71(17-15-69)37-52(77)78;;/h8-9,12-13,29-31,34,47,86-88H,4-7,10-11,14-28,32-33,35-39H2,1-3H3,(H,60,73)(H,61,83)(H,64,82)(H,66,74)(H,75,76)(H,77,78)(H,79,80)(H,84,85)(H2,62,63,65);1H4;1H/t47-;;/m1../s1/i/hT. The summed E-state index contributed by atoms with van der Waals surface area (Å²) in [5.41, 5.74) is -0.0558. The molecule has 0 radical (unpaired) electrons. The molecule has 0 aliphatic carbocycles. The number of H-pyrrole nitrogens is 1. The summed E-state index contributed by atoms with van der Waals surface area (Å²) >= 11 is 0. The van der Waals surface area contributed by atoms with Crippen LogP contribution in [0.3, 0.4) is 0 Å². The minimum Gasteiger partial charge on any atom is -0.494 e. The molecule has 1 aliphatic rings. The van der Waals surface area contributed by atoms with E-state index in [2.05, 4.69) is 42.4 Å². The number of carbonyl (C=O) groups is 8. The number of benzene rings is 2. The first kappa shape index (κ1) is 82.1. The lowest BCUT2D eigenvalue weighted by atomic mass is 10.1. The second kappa shape index (κ2) is 42.5. The number of aliphatic carboxylic acids is 4. The van der Waals surface area contributed by atoms with Gasteiger partial charge in [-0.15, -0.1) is 0 Å². The predicted molar refractivity (Wildman–Crippen MR) is 358 cm³/mol. The van der Waals surface area contributed by atoms with Gasteiger partial charge in [0.1, 0.15) is 17.4 Å². The molecule has 1 aliphatic heterocycles. The molecule has 98 heavy (non-hydrogen) atoms. The summed E-state index contributed by atoms with van der Waals surface area (Å²) in [6, 6.07) is 6.37. The van der Waals surface area contributed by atoms with E-state index < -0.39 is 92.0 Å². The third-order valence-corrected chi connectivity index (χ3v) is 17.0. The molecule has 1 atom stereocenters. The van der Waals surface area contributed by atoms with Crippen LogP contribution in [0.15, 0.2) is 63.0 Å². The summed E-state index contributed by atoms with van der Waals surface area (Å²) in [5, 5.41) is 51.7. The van der Waals surface area contributed by atoms with Crippen molar-refractivity contribution in [2.45, 2.75) is 64.4 Å². The maximum Gasteiger partial charge on any atom is 0.353 e. The number of fused-ring (bicyclic) bond motifs is 1. The van der Waals surface area contributed by atoms with Crippen molar-refractivity contribution in [2.75, 3.05) is 155 Å². The lowest BCUT2D eigenvalue weighted by Gasteiger charge is -2.33. The molecule has 35 nitrogen and oxygen atoms in total. The van der Waals surface area contributed by atoms with E-state index >= 15 is 0 Å². The van der Waals surface area contributed by atoms with Gasteiger partial charge in [-0.25, -0.2) is 9.78 Å². The third-order valence-electron chi connectivity index (χ3n) is 14.6. The average Bonchev–Trinajstić information content (AvgIpc) is 1.49. The van der Waals surface area contributed by atoms with Gasteiger partial charge in [-0.3, -0.25) is 62.7 Å². The maximum absolute atomic E-state index is 13.6. The first-order valence-electron chi connectivity index (χ1n) is 31.0. The molecule has 0 spiro atoms. The van der Waals surface area contributed by atoms with Gasteiger partial charge in [0.2, 0.25) is 23.2 Å². The van der Waals surface area contributed by atoms with Crippen LogP contribution in [0.2, 0.25) is 0 Å². The van der Waals surface area contributed by atoms with Gasteiger partial charge in [-0.05, 0) is 74.1 Å². The SMILES string of the molecule is C.Cc1cc(OCCCC(=O)NCCCOCCOCCOCCCNC(=O)[C@@H](CS(O)(O)O)NC(=O)CN2CCN(CC(=O)O)CCN(CC(=O)O)CCN(CC(=O)O)CC2)cc(C)c1S(=O)(=O)N=C(CNC(=O)c1cn(C)c2cc(CNc3ncc[nH]3)ccc2c1=O)C(=O)O.[3H]F. The molecule has 2 aromatic carbocycles. The Kier molecular flexibility index (Phi) is 35.6. The monoisotopic (exact) mass is 1430 g/mol. The highest BCUT2D eigenvalue weighted by molar-refractivity contribution is 8.19. The largest absolute Gasteiger partial charge is 0.494 e. The number of hydrogen-bond donors (Lipinski definition) is 13. The molecule has 38 heteroatoms. The van der Waals surface area contributed by atoms with Crippen LogP contribution in [0, 0.1) is 13.8 Å². The normalized spacial score (nSPS) is 14.6. The number of imidazole rings is 1. The number of ether oxygens (including phenoxy) is 4. The first-order chi connectivity index (χ1) is 46.6. The van der Waals surface area contributed by atoms with Crippen molar-refractivity contribution in [1.29, 1.82) is 1.45 Å². The molecule has 0 unspecified atom stereocenters. The zero-order chi connectivity index (χ0) is 72.4. The highest BCUT2D eigenvalue weighted by Gasteiger charge is 2.30. The molecule has 4 aromatic rings. The van der Waals surface area contributed by atoms with E-state index in [0.29, 0.717) is 56.2 Å². The number of aromatic amines is 1. The second-order valence-electron chi connectivity index (χ2n) is 22.4. The fourth-order valence-electron chi connectivity index (χ4n) is 9.94. The van der Waals surface area contributed by atoms with Gasteiger partial charge in [0.25, 0.3) is 17.4 Å². The Balaban J connectivity index is 0.00000842. The number of halogens is 1. The summed E-state index contributed by atoms with van der Waals surface area (Å²) in [6.07, 6.45) is 5.85. The molecule has 3 heterocycles. The number of anilines is 1. The summed E-state index contributed by atoms with van der Waals surface area (Å²) in [4.78, 5) is 126. The van der Waals surface area contributed by atoms with Crippen molar-refractivity contribution in [3.8, 4) is 5.75 Å². The minimum atomic E-state index is -4.65.